The zero-order valence-corrected chi connectivity index (χ0v) is 18.1. The van der Waals surface area contributed by atoms with E-state index in [1.54, 1.807) is 24.0 Å². The van der Waals surface area contributed by atoms with Crippen LogP contribution in [-0.4, -0.2) is 53.9 Å². The molecule has 2 heterocycles. The maximum absolute atomic E-state index is 12.8. The molecule has 0 N–H and O–H groups in total. The van der Waals surface area contributed by atoms with Crippen molar-refractivity contribution >= 4 is 22.8 Å². The van der Waals surface area contributed by atoms with E-state index in [2.05, 4.69) is 0 Å². The number of carbonyl (C=O) groups excluding carboxylic acids is 2. The number of nitrogens with zero attached hydrogens (tertiary/aromatic N) is 2. The van der Waals surface area contributed by atoms with Crippen LogP contribution in [0.25, 0.3) is 11.0 Å². The molecule has 7 nitrogen and oxygen atoms in total. The van der Waals surface area contributed by atoms with Crippen LogP contribution in [0.1, 0.15) is 39.7 Å². The Morgan fingerprint density at radius 3 is 2.37 bits per heavy atom. The Morgan fingerprint density at radius 2 is 1.73 bits per heavy atom. The zero-order valence-electron chi connectivity index (χ0n) is 18.1. The fraction of sp³-hybridized carbons (Fsp3) is 0.522. The first-order valence-corrected chi connectivity index (χ1v) is 10.6. The average Bonchev–Trinajstić information content (AvgIpc) is 2.71. The fourth-order valence-electron chi connectivity index (χ4n) is 3.74. The van der Waals surface area contributed by atoms with Crippen LogP contribution in [0.3, 0.4) is 0 Å². The van der Waals surface area contributed by atoms with Crippen LogP contribution in [0.15, 0.2) is 33.5 Å². The zero-order chi connectivity index (χ0) is 21.8. The normalized spacial score (nSPS) is 15.5. The minimum atomic E-state index is -0.679. The Bertz CT molecular complexity index is 973. The topological polar surface area (TPSA) is 80.1 Å². The number of piperazine rings is 1. The van der Waals surface area contributed by atoms with E-state index in [0.29, 0.717) is 49.9 Å². The predicted octanol–water partition coefficient (Wildman–Crippen LogP) is 2.84. The lowest BCUT2D eigenvalue weighted by molar-refractivity contribution is -0.144. The van der Waals surface area contributed by atoms with Gasteiger partial charge in [0.05, 0.1) is 0 Å². The van der Waals surface area contributed by atoms with Gasteiger partial charge in [-0.15, -0.1) is 0 Å². The summed E-state index contributed by atoms with van der Waals surface area (Å²) in [6.45, 7) is 9.84. The van der Waals surface area contributed by atoms with Crippen molar-refractivity contribution in [3.05, 3.63) is 40.2 Å². The standard InChI is InChI=1S/C23H30N2O5/c1-5-17-13-22(27)30-20-14-18(6-7-19(17)20)29-16(4)23(28)25-10-8-24(9-11-25)21(26)12-15(2)3/h6-7,13-16H,5,8-12H2,1-4H3. The van der Waals surface area contributed by atoms with Gasteiger partial charge in [-0.05, 0) is 37.0 Å². The van der Waals surface area contributed by atoms with E-state index >= 15 is 0 Å². The van der Waals surface area contributed by atoms with Crippen LogP contribution in [0.4, 0.5) is 0 Å². The van der Waals surface area contributed by atoms with Crippen molar-refractivity contribution < 1.29 is 18.7 Å². The number of amides is 2. The van der Waals surface area contributed by atoms with Crippen LogP contribution in [0, 0.1) is 5.92 Å². The molecule has 0 aliphatic carbocycles. The van der Waals surface area contributed by atoms with Gasteiger partial charge in [-0.3, -0.25) is 9.59 Å². The van der Waals surface area contributed by atoms with E-state index in [9.17, 15) is 14.4 Å². The van der Waals surface area contributed by atoms with Crippen molar-refractivity contribution in [1.29, 1.82) is 0 Å². The highest BCUT2D eigenvalue weighted by atomic mass is 16.5. The third-order valence-electron chi connectivity index (χ3n) is 5.37. The Hall–Kier alpha value is -2.83. The highest BCUT2D eigenvalue weighted by Crippen LogP contribution is 2.24. The highest BCUT2D eigenvalue weighted by molar-refractivity contribution is 5.83. The molecule has 1 unspecified atom stereocenters. The second-order valence-corrected chi connectivity index (χ2v) is 8.17. The van der Waals surface area contributed by atoms with Gasteiger partial charge in [-0.25, -0.2) is 4.79 Å². The molecule has 1 aliphatic rings. The molecule has 162 valence electrons. The van der Waals surface area contributed by atoms with Crippen molar-refractivity contribution in [1.82, 2.24) is 9.80 Å². The molecule has 0 radical (unpaired) electrons. The molecule has 1 aromatic heterocycles. The summed E-state index contributed by atoms with van der Waals surface area (Å²) in [6, 6.07) is 6.79. The largest absolute Gasteiger partial charge is 0.481 e. The maximum atomic E-state index is 12.8. The molecule has 0 bridgehead atoms. The van der Waals surface area contributed by atoms with Gasteiger partial charge >= 0.3 is 5.63 Å². The monoisotopic (exact) mass is 414 g/mol. The Morgan fingerprint density at radius 1 is 1.07 bits per heavy atom. The number of hydrogen-bond acceptors (Lipinski definition) is 5. The molecule has 1 fully saturated rings. The van der Waals surface area contributed by atoms with E-state index in [1.165, 1.54) is 6.07 Å². The summed E-state index contributed by atoms with van der Waals surface area (Å²) in [5.74, 6) is 0.830. The molecule has 1 saturated heterocycles. The van der Waals surface area contributed by atoms with Crippen LogP contribution in [0.2, 0.25) is 0 Å². The summed E-state index contributed by atoms with van der Waals surface area (Å²) < 4.78 is 11.1. The summed E-state index contributed by atoms with van der Waals surface area (Å²) in [5, 5.41) is 0.866. The van der Waals surface area contributed by atoms with E-state index in [-0.39, 0.29) is 11.8 Å². The third kappa shape index (κ3) is 5.01. The summed E-state index contributed by atoms with van der Waals surface area (Å²) >= 11 is 0. The van der Waals surface area contributed by atoms with Gasteiger partial charge in [-0.1, -0.05) is 20.8 Å². The lowest BCUT2D eigenvalue weighted by Gasteiger charge is -2.36. The lowest BCUT2D eigenvalue weighted by atomic mass is 10.1. The van der Waals surface area contributed by atoms with Gasteiger partial charge in [0.2, 0.25) is 5.91 Å². The molecule has 30 heavy (non-hydrogen) atoms. The molecule has 2 aromatic rings. The first kappa shape index (κ1) is 21.9. The van der Waals surface area contributed by atoms with Gasteiger partial charge in [0, 0.05) is 50.1 Å². The number of hydrogen-bond donors (Lipinski definition) is 0. The van der Waals surface area contributed by atoms with Crippen LogP contribution >= 0.6 is 0 Å². The van der Waals surface area contributed by atoms with Crippen molar-refractivity contribution in [2.24, 2.45) is 5.92 Å². The van der Waals surface area contributed by atoms with E-state index in [1.807, 2.05) is 31.7 Å². The quantitative estimate of drug-likeness (QED) is 0.679. The number of ether oxygens (including phenoxy) is 1. The first-order valence-electron chi connectivity index (χ1n) is 10.6. The summed E-state index contributed by atoms with van der Waals surface area (Å²) in [4.78, 5) is 40.3. The van der Waals surface area contributed by atoms with Crippen molar-refractivity contribution in [2.45, 2.75) is 46.6 Å². The maximum Gasteiger partial charge on any atom is 0.336 e. The van der Waals surface area contributed by atoms with Gasteiger partial charge in [0.1, 0.15) is 11.3 Å². The smallest absolute Gasteiger partial charge is 0.336 e. The summed E-state index contributed by atoms with van der Waals surface area (Å²) in [6.07, 6.45) is 0.579. The lowest BCUT2D eigenvalue weighted by Crippen LogP contribution is -2.53. The number of carbonyl (C=O) groups is 2. The van der Waals surface area contributed by atoms with Crippen molar-refractivity contribution in [3.63, 3.8) is 0 Å². The van der Waals surface area contributed by atoms with Crippen LogP contribution < -0.4 is 10.4 Å². The summed E-state index contributed by atoms with van der Waals surface area (Å²) in [7, 11) is 0. The molecule has 1 aromatic carbocycles. The first-order chi connectivity index (χ1) is 14.3. The van der Waals surface area contributed by atoms with Gasteiger partial charge in [-0.2, -0.15) is 0 Å². The minimum Gasteiger partial charge on any atom is -0.481 e. The van der Waals surface area contributed by atoms with E-state index in [4.69, 9.17) is 9.15 Å². The molecule has 7 heteroatoms. The number of aryl methyl sites for hydroxylation is 1. The molecule has 0 spiro atoms. The third-order valence-corrected chi connectivity index (χ3v) is 5.37. The predicted molar refractivity (Wildman–Crippen MR) is 115 cm³/mol. The van der Waals surface area contributed by atoms with Gasteiger partial charge in [0.15, 0.2) is 6.10 Å². The number of rotatable bonds is 6. The van der Waals surface area contributed by atoms with E-state index < -0.39 is 11.7 Å². The molecule has 1 aliphatic heterocycles. The number of fused-ring (bicyclic) bond motifs is 1. The second-order valence-electron chi connectivity index (χ2n) is 8.17. The molecule has 1 atom stereocenters. The Kier molecular flexibility index (Phi) is 6.80. The van der Waals surface area contributed by atoms with Crippen LogP contribution in [0.5, 0.6) is 5.75 Å². The fourth-order valence-corrected chi connectivity index (χ4v) is 3.74. The van der Waals surface area contributed by atoms with Crippen LogP contribution in [-0.2, 0) is 16.0 Å². The van der Waals surface area contributed by atoms with Crippen molar-refractivity contribution in [3.8, 4) is 5.75 Å². The SMILES string of the molecule is CCc1cc(=O)oc2cc(OC(C)C(=O)N3CCN(C(=O)CC(C)C)CC3)ccc12. The second kappa shape index (κ2) is 9.32. The van der Waals surface area contributed by atoms with Gasteiger partial charge < -0.3 is 19.0 Å². The average molecular weight is 415 g/mol. The van der Waals surface area contributed by atoms with Gasteiger partial charge in [0.25, 0.3) is 5.91 Å². The highest BCUT2D eigenvalue weighted by Gasteiger charge is 2.28. The Labute approximate surface area is 176 Å². The molecule has 3 rings (SSSR count). The van der Waals surface area contributed by atoms with E-state index in [0.717, 1.165) is 17.4 Å². The van der Waals surface area contributed by atoms with Crippen molar-refractivity contribution in [2.75, 3.05) is 26.2 Å². The molecular weight excluding hydrogens is 384 g/mol. The molecular formula is C23H30N2O5. The summed E-state index contributed by atoms with van der Waals surface area (Å²) in [5.41, 5.74) is 0.973. The molecule has 0 saturated carbocycles. The Balaban J connectivity index is 1.62. The molecule has 2 amide bonds. The minimum absolute atomic E-state index is 0.116. The number of benzene rings is 1.